The minimum absolute atomic E-state index is 0.340. The normalized spacial score (nSPS) is 14.6. The van der Waals surface area contributed by atoms with Gasteiger partial charge in [0.2, 0.25) is 0 Å². The summed E-state index contributed by atoms with van der Waals surface area (Å²) >= 11 is 0. The molecule has 0 fully saturated rings. The molecule has 0 atom stereocenters. The van der Waals surface area contributed by atoms with E-state index < -0.39 is 8.07 Å². The number of allylic oxidation sites excluding steroid dienone is 4. The van der Waals surface area contributed by atoms with Gasteiger partial charge in [0.05, 0.1) is 8.07 Å². The smallest absolute Gasteiger partial charge is 0.0775 e. The van der Waals surface area contributed by atoms with E-state index in [2.05, 4.69) is 95.9 Å². The molecule has 0 spiro atoms. The van der Waals surface area contributed by atoms with Gasteiger partial charge < -0.3 is 0 Å². The molecule has 0 nitrogen and oxygen atoms in total. The number of hydrogen-bond donors (Lipinski definition) is 0. The number of benzene rings is 2. The zero-order chi connectivity index (χ0) is 19.1. The molecule has 0 N–H and O–H groups in total. The van der Waals surface area contributed by atoms with E-state index in [1.165, 1.54) is 33.4 Å². The van der Waals surface area contributed by atoms with Crippen molar-refractivity contribution in [2.24, 2.45) is 0 Å². The maximum Gasteiger partial charge on any atom is 0.0775 e. The second kappa shape index (κ2) is 7.04. The first-order valence-corrected chi connectivity index (χ1v) is 13.2. The van der Waals surface area contributed by atoms with Crippen LogP contribution in [-0.4, -0.2) is 8.07 Å². The number of hydrogen-bond acceptors (Lipinski definition) is 0. The Kier molecular flexibility index (Phi) is 5.12. The molecule has 136 valence electrons. The second-order valence-corrected chi connectivity index (χ2v) is 14.1. The topological polar surface area (TPSA) is 0 Å². The van der Waals surface area contributed by atoms with E-state index in [0.717, 1.165) is 6.42 Å². The van der Waals surface area contributed by atoms with E-state index in [-0.39, 0.29) is 0 Å². The highest BCUT2D eigenvalue weighted by molar-refractivity contribution is 6.84. The lowest BCUT2D eigenvalue weighted by atomic mass is 9.82. The monoisotopic (exact) mass is 360 g/mol. The number of aryl methyl sites for hydroxylation is 4. The highest BCUT2D eigenvalue weighted by Gasteiger charge is 2.31. The Morgan fingerprint density at radius 2 is 1.08 bits per heavy atom. The zero-order valence-corrected chi connectivity index (χ0v) is 18.4. The first kappa shape index (κ1) is 18.9. The van der Waals surface area contributed by atoms with Crippen LogP contribution < -0.4 is 0 Å². The van der Waals surface area contributed by atoms with Gasteiger partial charge in [-0.25, -0.2) is 0 Å². The second-order valence-electron chi connectivity index (χ2n) is 9.04. The highest BCUT2D eigenvalue weighted by Crippen LogP contribution is 2.42. The Morgan fingerprint density at radius 1 is 0.654 bits per heavy atom. The summed E-state index contributed by atoms with van der Waals surface area (Å²) < 4.78 is 0. The van der Waals surface area contributed by atoms with Crippen LogP contribution >= 0.6 is 0 Å². The summed E-state index contributed by atoms with van der Waals surface area (Å²) in [5, 5.41) is 1.64. The maximum atomic E-state index is 2.49. The molecule has 0 bridgehead atoms. The van der Waals surface area contributed by atoms with Crippen molar-refractivity contribution in [3.05, 3.63) is 92.7 Å². The van der Waals surface area contributed by atoms with Crippen LogP contribution in [-0.2, 0) is 0 Å². The summed E-state index contributed by atoms with van der Waals surface area (Å²) in [6, 6.07) is 14.1. The van der Waals surface area contributed by atoms with Crippen LogP contribution in [0.4, 0.5) is 0 Å². The number of rotatable bonds is 4. The molecule has 2 aromatic rings. The van der Waals surface area contributed by atoms with Gasteiger partial charge in [-0.2, -0.15) is 0 Å². The zero-order valence-electron chi connectivity index (χ0n) is 17.4. The van der Waals surface area contributed by atoms with Crippen LogP contribution in [0.5, 0.6) is 0 Å². The lowest BCUT2D eigenvalue weighted by Gasteiger charge is -2.29. The fourth-order valence-corrected chi connectivity index (χ4v) is 6.29. The molecule has 3 rings (SSSR count). The van der Waals surface area contributed by atoms with Crippen LogP contribution in [0.25, 0.3) is 0 Å². The molecule has 0 unspecified atom stereocenters. The Bertz CT molecular complexity index is 799. The van der Waals surface area contributed by atoms with Crippen LogP contribution in [0.2, 0.25) is 19.6 Å². The van der Waals surface area contributed by atoms with Crippen molar-refractivity contribution in [2.45, 2.75) is 59.7 Å². The summed E-state index contributed by atoms with van der Waals surface area (Å²) in [6.07, 6.45) is 6.05. The average molecular weight is 361 g/mol. The fraction of sp³-hybridized carbons (Fsp3) is 0.360. The largest absolute Gasteiger partial charge is 0.0812 e. The maximum absolute atomic E-state index is 2.49. The molecule has 2 aromatic carbocycles. The van der Waals surface area contributed by atoms with Crippen molar-refractivity contribution in [1.82, 2.24) is 0 Å². The van der Waals surface area contributed by atoms with Gasteiger partial charge in [0.15, 0.2) is 0 Å². The molecular formula is C25H32Si. The van der Waals surface area contributed by atoms with Crippen molar-refractivity contribution in [3.63, 3.8) is 0 Å². The van der Waals surface area contributed by atoms with Gasteiger partial charge in [0.25, 0.3) is 0 Å². The van der Waals surface area contributed by atoms with Gasteiger partial charge in [-0.15, -0.1) is 0 Å². The molecule has 0 saturated carbocycles. The van der Waals surface area contributed by atoms with Crippen molar-refractivity contribution < 1.29 is 0 Å². The van der Waals surface area contributed by atoms with Crippen molar-refractivity contribution in [3.8, 4) is 0 Å². The average Bonchev–Trinajstić information content (AvgIpc) is 2.94. The van der Waals surface area contributed by atoms with E-state index in [9.17, 15) is 0 Å². The molecule has 1 aliphatic carbocycles. The molecule has 1 aliphatic rings. The minimum atomic E-state index is -1.38. The van der Waals surface area contributed by atoms with E-state index in [1.807, 2.05) is 0 Å². The van der Waals surface area contributed by atoms with Crippen LogP contribution in [0.1, 0.15) is 45.7 Å². The Hall–Kier alpha value is -1.86. The van der Waals surface area contributed by atoms with Crippen molar-refractivity contribution >= 4 is 8.07 Å². The molecule has 0 saturated heterocycles. The van der Waals surface area contributed by atoms with E-state index in [0.29, 0.717) is 5.92 Å². The fourth-order valence-electron chi connectivity index (χ4n) is 4.45. The summed E-state index contributed by atoms with van der Waals surface area (Å²) in [4.78, 5) is 0. The quantitative estimate of drug-likeness (QED) is 0.506. The standard InChI is InChI=1S/C25H32Si/c1-17-11-18(2)14-21(13-17)25(22-15-19(3)12-20(4)16-22)23-9-8-10-24(23)26(5,6)7/h9-16,25H,8H2,1-7H3. The molecule has 0 heterocycles. The van der Waals surface area contributed by atoms with E-state index >= 15 is 0 Å². The summed E-state index contributed by atoms with van der Waals surface area (Å²) in [5.74, 6) is 0.340. The van der Waals surface area contributed by atoms with Gasteiger partial charge in [-0.1, -0.05) is 95.6 Å². The van der Waals surface area contributed by atoms with E-state index in [1.54, 1.807) is 10.8 Å². The predicted octanol–water partition coefficient (Wildman–Crippen LogP) is 7.19. The van der Waals surface area contributed by atoms with Crippen LogP contribution in [0.3, 0.4) is 0 Å². The third-order valence-electron chi connectivity index (χ3n) is 5.24. The Morgan fingerprint density at radius 3 is 1.46 bits per heavy atom. The summed E-state index contributed by atoms with van der Waals surface area (Å²) in [6.45, 7) is 16.3. The molecule has 26 heavy (non-hydrogen) atoms. The highest BCUT2D eigenvalue weighted by atomic mass is 28.3. The molecule has 0 radical (unpaired) electrons. The first-order valence-electron chi connectivity index (χ1n) is 9.72. The Labute approximate surface area is 160 Å². The third kappa shape index (κ3) is 3.93. The van der Waals surface area contributed by atoms with Crippen molar-refractivity contribution in [2.75, 3.05) is 0 Å². The molecule has 0 amide bonds. The first-order chi connectivity index (χ1) is 12.1. The predicted molar refractivity (Wildman–Crippen MR) is 118 cm³/mol. The van der Waals surface area contributed by atoms with Gasteiger partial charge in [-0.05, 0) is 50.8 Å². The SMILES string of the molecule is Cc1cc(C)cc(C(C2=CCC=C2[Si](C)(C)C)c2cc(C)cc(C)c2)c1. The van der Waals surface area contributed by atoms with Gasteiger partial charge >= 0.3 is 0 Å². The van der Waals surface area contributed by atoms with Gasteiger partial charge in [0, 0.05) is 5.92 Å². The molecule has 1 heteroatoms. The minimum Gasteiger partial charge on any atom is -0.0812 e. The van der Waals surface area contributed by atoms with E-state index in [4.69, 9.17) is 0 Å². The molecule has 0 aromatic heterocycles. The van der Waals surface area contributed by atoms with Gasteiger partial charge in [-0.3, -0.25) is 0 Å². The summed E-state index contributed by atoms with van der Waals surface area (Å²) in [7, 11) is -1.38. The molecular weight excluding hydrogens is 328 g/mol. The van der Waals surface area contributed by atoms with Gasteiger partial charge in [0.1, 0.15) is 0 Å². The van der Waals surface area contributed by atoms with Crippen LogP contribution in [0, 0.1) is 27.7 Å². The lowest BCUT2D eigenvalue weighted by Crippen LogP contribution is -2.26. The lowest BCUT2D eigenvalue weighted by molar-refractivity contribution is 0.958. The Balaban J connectivity index is 2.22. The van der Waals surface area contributed by atoms with Crippen molar-refractivity contribution in [1.29, 1.82) is 0 Å². The summed E-state index contributed by atoms with van der Waals surface area (Å²) in [5.41, 5.74) is 9.84. The molecule has 0 aliphatic heterocycles. The third-order valence-corrected chi connectivity index (χ3v) is 7.35. The van der Waals surface area contributed by atoms with Crippen LogP contribution in [0.15, 0.2) is 59.3 Å².